The van der Waals surface area contributed by atoms with E-state index in [1.54, 1.807) is 6.08 Å². The molecular formula is C34H41NO6S. The van der Waals surface area contributed by atoms with Crippen molar-refractivity contribution in [1.82, 2.24) is 5.32 Å². The second-order valence-corrected chi connectivity index (χ2v) is 11.4. The molecule has 8 heteroatoms. The molecule has 0 bridgehead atoms. The van der Waals surface area contributed by atoms with Crippen LogP contribution in [0, 0.1) is 0 Å². The molecule has 3 aromatic rings. The highest BCUT2D eigenvalue weighted by molar-refractivity contribution is 8.01. The number of carbonyl (C=O) groups is 2. The first-order chi connectivity index (χ1) is 20.5. The molecule has 0 aliphatic heterocycles. The topological polar surface area (TPSA) is 94.1 Å². The van der Waals surface area contributed by atoms with Gasteiger partial charge in [-0.3, -0.25) is 4.79 Å². The lowest BCUT2D eigenvalue weighted by Gasteiger charge is -2.37. The first-order valence-electron chi connectivity index (χ1n) is 14.1. The molecule has 0 spiro atoms. The van der Waals surface area contributed by atoms with Crippen LogP contribution in [0.4, 0.5) is 0 Å². The van der Waals surface area contributed by atoms with Crippen molar-refractivity contribution in [3.63, 3.8) is 0 Å². The van der Waals surface area contributed by atoms with Crippen LogP contribution in [-0.2, 0) is 28.5 Å². The van der Waals surface area contributed by atoms with Gasteiger partial charge in [0.2, 0.25) is 5.91 Å². The van der Waals surface area contributed by atoms with Gasteiger partial charge in [0.25, 0.3) is 0 Å². The lowest BCUT2D eigenvalue weighted by Crippen LogP contribution is -2.30. The minimum Gasteiger partial charge on any atom is -0.467 e. The molecule has 0 saturated carbocycles. The van der Waals surface area contributed by atoms with Gasteiger partial charge >= 0.3 is 5.97 Å². The number of esters is 1. The Kier molecular flexibility index (Phi) is 14.3. The third-order valence-corrected chi connectivity index (χ3v) is 8.18. The SMILES string of the molecule is COC(=O)COCCOCCNC(=O)C[C@H](O)C=CCC(C)SC(c1ccccc1)(c1ccccc1)c1ccccc1. The number of benzene rings is 3. The van der Waals surface area contributed by atoms with Crippen LogP contribution in [0.25, 0.3) is 0 Å². The van der Waals surface area contributed by atoms with Crippen LogP contribution in [0.2, 0.25) is 0 Å². The second-order valence-electron chi connectivity index (χ2n) is 9.73. The van der Waals surface area contributed by atoms with Gasteiger partial charge in [-0.05, 0) is 23.1 Å². The van der Waals surface area contributed by atoms with Gasteiger partial charge < -0.3 is 24.6 Å². The number of methoxy groups -OCH3 is 1. The van der Waals surface area contributed by atoms with Crippen LogP contribution in [0.5, 0.6) is 0 Å². The van der Waals surface area contributed by atoms with Crippen LogP contribution in [-0.4, -0.2) is 68.4 Å². The van der Waals surface area contributed by atoms with E-state index < -0.39 is 16.8 Å². The molecular weight excluding hydrogens is 550 g/mol. The maximum Gasteiger partial charge on any atom is 0.331 e. The number of aliphatic hydroxyl groups excluding tert-OH is 1. The standard InChI is InChI=1S/C34H41NO6S/c1-27(13-12-20-31(36)25-32(37)35-21-22-40-23-24-41-26-33(38)39-2)42-34(28-14-6-3-7-15-28,29-16-8-4-9-17-29)30-18-10-5-11-19-30/h3-12,14-20,27,31,36H,13,21-26H2,1-2H3,(H,35,37)/t27?,31-/m1/s1. The number of ether oxygens (including phenoxy) is 3. The van der Waals surface area contributed by atoms with Gasteiger partial charge in [-0.2, -0.15) is 0 Å². The molecule has 0 saturated heterocycles. The Labute approximate surface area is 253 Å². The van der Waals surface area contributed by atoms with E-state index >= 15 is 0 Å². The highest BCUT2D eigenvalue weighted by Gasteiger charge is 2.38. The van der Waals surface area contributed by atoms with Gasteiger partial charge in [0.05, 0.1) is 44.2 Å². The van der Waals surface area contributed by atoms with Crippen molar-refractivity contribution in [1.29, 1.82) is 0 Å². The number of aliphatic hydroxyl groups is 1. The van der Waals surface area contributed by atoms with Gasteiger partial charge in [-0.1, -0.05) is 110 Å². The molecule has 3 rings (SSSR count). The van der Waals surface area contributed by atoms with E-state index in [4.69, 9.17) is 9.47 Å². The number of hydrogen-bond donors (Lipinski definition) is 2. The van der Waals surface area contributed by atoms with Crippen molar-refractivity contribution in [3.05, 3.63) is 120 Å². The Bertz CT molecular complexity index is 1130. The van der Waals surface area contributed by atoms with E-state index in [0.717, 1.165) is 6.42 Å². The quantitative estimate of drug-likeness (QED) is 0.0918. The fraction of sp³-hybridized carbons (Fsp3) is 0.353. The van der Waals surface area contributed by atoms with Crippen LogP contribution in [0.3, 0.4) is 0 Å². The molecule has 1 amide bonds. The summed E-state index contributed by atoms with van der Waals surface area (Å²) in [6, 6.07) is 31.7. The summed E-state index contributed by atoms with van der Waals surface area (Å²) in [5.74, 6) is -0.695. The maximum atomic E-state index is 12.2. The predicted octanol–water partition coefficient (Wildman–Crippen LogP) is 5.12. The average Bonchev–Trinajstić information content (AvgIpc) is 3.02. The number of allylic oxidation sites excluding steroid dienone is 1. The van der Waals surface area contributed by atoms with Crippen molar-refractivity contribution in [2.24, 2.45) is 0 Å². The maximum absolute atomic E-state index is 12.2. The average molecular weight is 592 g/mol. The third kappa shape index (κ3) is 10.4. The normalized spacial score (nSPS) is 13.0. The lowest BCUT2D eigenvalue weighted by atomic mass is 9.84. The number of hydrogen-bond acceptors (Lipinski definition) is 7. The number of amides is 1. The zero-order valence-electron chi connectivity index (χ0n) is 24.3. The van der Waals surface area contributed by atoms with Gasteiger partial charge in [0.1, 0.15) is 6.61 Å². The first-order valence-corrected chi connectivity index (χ1v) is 15.0. The first kappa shape index (κ1) is 33.1. The summed E-state index contributed by atoms with van der Waals surface area (Å²) in [7, 11) is 1.30. The van der Waals surface area contributed by atoms with Crippen LogP contribution >= 0.6 is 11.8 Å². The molecule has 224 valence electrons. The highest BCUT2D eigenvalue weighted by Crippen LogP contribution is 2.50. The molecule has 0 heterocycles. The summed E-state index contributed by atoms with van der Waals surface area (Å²) in [6.45, 7) is 3.26. The molecule has 0 aromatic heterocycles. The number of nitrogens with one attached hydrogen (secondary N) is 1. The number of rotatable bonds is 18. The number of carbonyl (C=O) groups excluding carboxylic acids is 2. The summed E-state index contributed by atoms with van der Waals surface area (Å²) in [4.78, 5) is 23.2. The Balaban J connectivity index is 1.52. The molecule has 3 aromatic carbocycles. The second kappa shape index (κ2) is 18.2. The summed E-state index contributed by atoms with van der Waals surface area (Å²) < 4.78 is 14.5. The van der Waals surface area contributed by atoms with E-state index in [2.05, 4.69) is 89.8 Å². The molecule has 0 aliphatic carbocycles. The highest BCUT2D eigenvalue weighted by atomic mass is 32.2. The largest absolute Gasteiger partial charge is 0.467 e. The molecule has 0 radical (unpaired) electrons. The zero-order valence-corrected chi connectivity index (χ0v) is 25.1. The van der Waals surface area contributed by atoms with E-state index in [1.165, 1.54) is 23.8 Å². The Morgan fingerprint density at radius 1 is 0.857 bits per heavy atom. The van der Waals surface area contributed by atoms with Gasteiger partial charge in [-0.25, -0.2) is 4.79 Å². The summed E-state index contributed by atoms with van der Waals surface area (Å²) in [5, 5.41) is 13.4. The van der Waals surface area contributed by atoms with E-state index in [0.29, 0.717) is 19.8 Å². The van der Waals surface area contributed by atoms with Gasteiger partial charge in [-0.15, -0.1) is 11.8 Å². The van der Waals surface area contributed by atoms with Crippen LogP contribution < -0.4 is 5.32 Å². The monoisotopic (exact) mass is 591 g/mol. The van der Waals surface area contributed by atoms with Crippen molar-refractivity contribution in [2.75, 3.05) is 40.1 Å². The predicted molar refractivity (Wildman–Crippen MR) is 167 cm³/mol. The fourth-order valence-electron chi connectivity index (χ4n) is 4.53. The van der Waals surface area contributed by atoms with E-state index in [-0.39, 0.29) is 30.8 Å². The summed E-state index contributed by atoms with van der Waals surface area (Å²) in [5.41, 5.74) is 3.62. The Morgan fingerprint density at radius 3 is 1.90 bits per heavy atom. The minimum atomic E-state index is -0.878. The third-order valence-electron chi connectivity index (χ3n) is 6.53. The van der Waals surface area contributed by atoms with Crippen molar-refractivity contribution in [3.8, 4) is 0 Å². The lowest BCUT2D eigenvalue weighted by molar-refractivity contribution is -0.146. The van der Waals surface area contributed by atoms with Gasteiger partial charge in [0.15, 0.2) is 0 Å². The molecule has 1 unspecified atom stereocenters. The van der Waals surface area contributed by atoms with Crippen molar-refractivity contribution in [2.45, 2.75) is 35.9 Å². The summed E-state index contributed by atoms with van der Waals surface area (Å²) >= 11 is 1.88. The molecule has 2 N–H and O–H groups in total. The molecule has 42 heavy (non-hydrogen) atoms. The van der Waals surface area contributed by atoms with Crippen LogP contribution in [0.15, 0.2) is 103 Å². The van der Waals surface area contributed by atoms with E-state index in [1.807, 2.05) is 36.0 Å². The summed E-state index contributed by atoms with van der Waals surface area (Å²) in [6.07, 6.45) is 3.47. The fourth-order valence-corrected chi connectivity index (χ4v) is 6.15. The molecule has 7 nitrogen and oxygen atoms in total. The van der Waals surface area contributed by atoms with Crippen molar-refractivity contribution >= 4 is 23.6 Å². The van der Waals surface area contributed by atoms with Gasteiger partial charge in [0, 0.05) is 11.8 Å². The smallest absolute Gasteiger partial charge is 0.331 e. The Morgan fingerprint density at radius 2 is 1.38 bits per heavy atom. The van der Waals surface area contributed by atoms with Crippen LogP contribution in [0.1, 0.15) is 36.5 Å². The van der Waals surface area contributed by atoms with Crippen molar-refractivity contribution < 1.29 is 28.9 Å². The zero-order chi connectivity index (χ0) is 30.0. The molecule has 0 aliphatic rings. The number of thioether (sulfide) groups is 1. The Hall–Kier alpha value is -3.43. The molecule has 0 fully saturated rings. The molecule has 2 atom stereocenters. The minimum absolute atomic E-state index is 0.0255. The van der Waals surface area contributed by atoms with E-state index in [9.17, 15) is 14.7 Å².